The minimum atomic E-state index is -0.246. The van der Waals surface area contributed by atoms with E-state index in [1.165, 1.54) is 0 Å². The molecule has 1 amide bonds. The molecule has 0 unspecified atom stereocenters. The van der Waals surface area contributed by atoms with E-state index in [4.69, 9.17) is 10.00 Å². The van der Waals surface area contributed by atoms with Crippen LogP contribution in [0.5, 0.6) is 0 Å². The van der Waals surface area contributed by atoms with E-state index in [9.17, 15) is 4.79 Å². The lowest BCUT2D eigenvalue weighted by Crippen LogP contribution is -2.41. The van der Waals surface area contributed by atoms with Gasteiger partial charge in [0, 0.05) is 32.4 Å². The number of hydrogen-bond acceptors (Lipinski definition) is 4. The van der Waals surface area contributed by atoms with E-state index >= 15 is 0 Å². The first kappa shape index (κ1) is 15.0. The maximum atomic E-state index is 12.2. The van der Waals surface area contributed by atoms with Gasteiger partial charge in [-0.15, -0.1) is 13.2 Å². The third-order valence-corrected chi connectivity index (χ3v) is 2.69. The summed E-state index contributed by atoms with van der Waals surface area (Å²) in [6.45, 7) is 10.5. The molecule has 1 heterocycles. The van der Waals surface area contributed by atoms with Crippen LogP contribution >= 0.6 is 0 Å². The van der Waals surface area contributed by atoms with Crippen molar-refractivity contribution >= 4 is 5.91 Å². The van der Waals surface area contributed by atoms with Crippen LogP contribution < -0.4 is 0 Å². The van der Waals surface area contributed by atoms with E-state index in [0.717, 1.165) is 0 Å². The number of nitriles is 1. The van der Waals surface area contributed by atoms with E-state index in [1.54, 1.807) is 23.3 Å². The van der Waals surface area contributed by atoms with Gasteiger partial charge in [-0.3, -0.25) is 4.79 Å². The standard InChI is InChI=1S/C14H19N3O2/c1-3-5-16(6-4-2)12-13(11-15)14(18)17-7-9-19-10-8-17/h3-4,12H,1-2,5-10H2/b13-12-. The molecule has 0 bridgehead atoms. The van der Waals surface area contributed by atoms with Crippen molar-refractivity contribution in [2.24, 2.45) is 0 Å². The number of ether oxygens (including phenoxy) is 1. The SMILES string of the molecule is C=CCN(/C=C(/C#N)C(=O)N1CCOCC1)CC=C. The first-order valence-electron chi connectivity index (χ1n) is 6.17. The summed E-state index contributed by atoms with van der Waals surface area (Å²) < 4.78 is 5.19. The molecule has 19 heavy (non-hydrogen) atoms. The molecule has 1 aliphatic rings. The summed E-state index contributed by atoms with van der Waals surface area (Å²) >= 11 is 0. The van der Waals surface area contributed by atoms with Gasteiger partial charge in [-0.2, -0.15) is 5.26 Å². The van der Waals surface area contributed by atoms with Gasteiger partial charge in [0.2, 0.25) is 0 Å². The van der Waals surface area contributed by atoms with E-state index < -0.39 is 0 Å². The molecule has 0 atom stereocenters. The molecule has 1 aliphatic heterocycles. The van der Waals surface area contributed by atoms with Crippen molar-refractivity contribution in [3.63, 3.8) is 0 Å². The highest BCUT2D eigenvalue weighted by Crippen LogP contribution is 2.06. The average molecular weight is 261 g/mol. The molecule has 0 N–H and O–H groups in total. The van der Waals surface area contributed by atoms with Crippen LogP contribution in [-0.4, -0.2) is 55.1 Å². The Bertz CT molecular complexity index is 393. The second-order valence-electron chi connectivity index (χ2n) is 4.09. The third kappa shape index (κ3) is 4.60. The molecular weight excluding hydrogens is 242 g/mol. The molecule has 1 fully saturated rings. The Hall–Kier alpha value is -2.06. The number of carbonyl (C=O) groups is 1. The fourth-order valence-corrected chi connectivity index (χ4v) is 1.76. The van der Waals surface area contributed by atoms with E-state index in [0.29, 0.717) is 39.4 Å². The minimum absolute atomic E-state index is 0.130. The molecule has 1 rings (SSSR count). The normalized spacial score (nSPS) is 15.5. The van der Waals surface area contributed by atoms with E-state index in [1.807, 2.05) is 11.0 Å². The maximum absolute atomic E-state index is 12.2. The van der Waals surface area contributed by atoms with Crippen LogP contribution in [0.15, 0.2) is 37.1 Å². The smallest absolute Gasteiger partial charge is 0.266 e. The molecule has 5 nitrogen and oxygen atoms in total. The van der Waals surface area contributed by atoms with Gasteiger partial charge < -0.3 is 14.5 Å². The molecule has 0 radical (unpaired) electrons. The second kappa shape index (κ2) is 8.11. The van der Waals surface area contributed by atoms with Crippen molar-refractivity contribution in [2.75, 3.05) is 39.4 Å². The summed E-state index contributed by atoms with van der Waals surface area (Å²) in [6, 6.07) is 1.97. The molecule has 0 aliphatic carbocycles. The fourth-order valence-electron chi connectivity index (χ4n) is 1.76. The monoisotopic (exact) mass is 261 g/mol. The zero-order valence-corrected chi connectivity index (χ0v) is 11.0. The van der Waals surface area contributed by atoms with Gasteiger partial charge in [-0.1, -0.05) is 12.2 Å². The van der Waals surface area contributed by atoms with Gasteiger partial charge in [0.25, 0.3) is 5.91 Å². The van der Waals surface area contributed by atoms with Crippen LogP contribution in [0.3, 0.4) is 0 Å². The lowest BCUT2D eigenvalue weighted by Gasteiger charge is -2.27. The van der Waals surface area contributed by atoms with Gasteiger partial charge in [0.15, 0.2) is 0 Å². The van der Waals surface area contributed by atoms with Crippen molar-refractivity contribution in [2.45, 2.75) is 0 Å². The number of rotatable bonds is 6. The summed E-state index contributed by atoms with van der Waals surface area (Å²) in [5, 5.41) is 9.14. The van der Waals surface area contributed by atoms with E-state index in [2.05, 4.69) is 13.2 Å². The summed E-state index contributed by atoms with van der Waals surface area (Å²) in [5.41, 5.74) is 0.130. The molecule has 1 saturated heterocycles. The zero-order chi connectivity index (χ0) is 14.1. The molecule has 0 saturated carbocycles. The van der Waals surface area contributed by atoms with Crippen molar-refractivity contribution in [3.8, 4) is 6.07 Å². The molecule has 102 valence electrons. The summed E-state index contributed by atoms with van der Waals surface area (Å²) in [4.78, 5) is 15.6. The Morgan fingerprint density at radius 1 is 1.32 bits per heavy atom. The Morgan fingerprint density at radius 3 is 2.37 bits per heavy atom. The highest BCUT2D eigenvalue weighted by molar-refractivity contribution is 5.97. The highest BCUT2D eigenvalue weighted by Gasteiger charge is 2.21. The summed E-state index contributed by atoms with van der Waals surface area (Å²) in [6.07, 6.45) is 5.00. The first-order chi connectivity index (χ1) is 9.22. The van der Waals surface area contributed by atoms with Crippen molar-refractivity contribution in [1.82, 2.24) is 9.80 Å². The third-order valence-electron chi connectivity index (χ3n) is 2.69. The number of carbonyl (C=O) groups excluding carboxylic acids is 1. The molecule has 0 aromatic heterocycles. The van der Waals surface area contributed by atoms with Crippen LogP contribution in [0.2, 0.25) is 0 Å². The van der Waals surface area contributed by atoms with Crippen molar-refractivity contribution in [1.29, 1.82) is 5.26 Å². The minimum Gasteiger partial charge on any atom is -0.378 e. The quantitative estimate of drug-likeness (QED) is 0.405. The molecule has 0 spiro atoms. The molecule has 0 aromatic carbocycles. The predicted octanol–water partition coefficient (Wildman–Crippen LogP) is 0.927. The Morgan fingerprint density at radius 2 is 1.89 bits per heavy atom. The fraction of sp³-hybridized carbons (Fsp3) is 0.429. The van der Waals surface area contributed by atoms with Crippen molar-refractivity contribution < 1.29 is 9.53 Å². The lowest BCUT2D eigenvalue weighted by atomic mass is 10.2. The second-order valence-corrected chi connectivity index (χ2v) is 4.09. The summed E-state index contributed by atoms with van der Waals surface area (Å²) in [5.74, 6) is -0.246. The van der Waals surface area contributed by atoms with Gasteiger partial charge in [-0.05, 0) is 0 Å². The summed E-state index contributed by atoms with van der Waals surface area (Å²) in [7, 11) is 0. The number of morpholine rings is 1. The maximum Gasteiger partial charge on any atom is 0.266 e. The van der Waals surface area contributed by atoms with Gasteiger partial charge in [-0.25, -0.2) is 0 Å². The lowest BCUT2D eigenvalue weighted by molar-refractivity contribution is -0.130. The topological polar surface area (TPSA) is 56.6 Å². The number of amides is 1. The molecule has 0 aromatic rings. The van der Waals surface area contributed by atoms with Crippen LogP contribution in [0.4, 0.5) is 0 Å². The molecule has 5 heteroatoms. The van der Waals surface area contributed by atoms with Crippen LogP contribution in [0, 0.1) is 11.3 Å². The molecular formula is C14H19N3O2. The largest absolute Gasteiger partial charge is 0.378 e. The predicted molar refractivity (Wildman–Crippen MR) is 73.1 cm³/mol. The Balaban J connectivity index is 2.78. The van der Waals surface area contributed by atoms with Crippen LogP contribution in [0.1, 0.15) is 0 Å². The number of nitrogens with zero attached hydrogens (tertiary/aromatic N) is 3. The van der Waals surface area contributed by atoms with Crippen molar-refractivity contribution in [3.05, 3.63) is 37.1 Å². The zero-order valence-electron chi connectivity index (χ0n) is 11.0. The van der Waals surface area contributed by atoms with E-state index in [-0.39, 0.29) is 11.5 Å². The average Bonchev–Trinajstić information content (AvgIpc) is 2.45. The van der Waals surface area contributed by atoms with Gasteiger partial charge in [0.1, 0.15) is 11.6 Å². The van der Waals surface area contributed by atoms with Crippen LogP contribution in [0.25, 0.3) is 0 Å². The van der Waals surface area contributed by atoms with Gasteiger partial charge >= 0.3 is 0 Å². The first-order valence-corrected chi connectivity index (χ1v) is 6.17. The number of hydrogen-bond donors (Lipinski definition) is 0. The van der Waals surface area contributed by atoms with Crippen LogP contribution in [-0.2, 0) is 9.53 Å². The van der Waals surface area contributed by atoms with Gasteiger partial charge in [0.05, 0.1) is 13.2 Å². The Kier molecular flexibility index (Phi) is 6.41. The Labute approximate surface area is 114 Å². The highest BCUT2D eigenvalue weighted by atomic mass is 16.5.